The maximum atomic E-state index is 6.22. The van der Waals surface area contributed by atoms with Crippen molar-refractivity contribution in [2.24, 2.45) is 11.8 Å². The number of hydrogen-bond acceptors (Lipinski definition) is 2. The Kier molecular flexibility index (Phi) is 6.68. The van der Waals surface area contributed by atoms with Gasteiger partial charge in [-0.2, -0.15) is 0 Å². The molecule has 2 saturated carbocycles. The van der Waals surface area contributed by atoms with E-state index >= 15 is 0 Å². The molecule has 3 atom stereocenters. The Morgan fingerprint density at radius 1 is 0.490 bits per heavy atom. The van der Waals surface area contributed by atoms with E-state index in [2.05, 4.69) is 157 Å². The van der Waals surface area contributed by atoms with Crippen molar-refractivity contribution >= 4 is 49.8 Å². The van der Waals surface area contributed by atoms with Gasteiger partial charge in [0.15, 0.2) is 0 Å². The summed E-state index contributed by atoms with van der Waals surface area (Å²) in [6.07, 6.45) is 5.62. The first-order valence-corrected chi connectivity index (χ1v) is 17.8. The molecule has 7 aromatic carbocycles. The molecule has 8 aromatic rings. The summed E-state index contributed by atoms with van der Waals surface area (Å²) in [5.41, 5.74) is 11.7. The third-order valence-corrected chi connectivity index (χ3v) is 11.4. The number of nitrogens with zero attached hydrogens (tertiary/aromatic N) is 1. The summed E-state index contributed by atoms with van der Waals surface area (Å²) in [4.78, 5) is 2.40. The minimum Gasteiger partial charge on any atom is -0.456 e. The van der Waals surface area contributed by atoms with Crippen LogP contribution in [0, 0.1) is 11.8 Å². The van der Waals surface area contributed by atoms with Gasteiger partial charge >= 0.3 is 0 Å². The lowest BCUT2D eigenvalue weighted by Gasteiger charge is -2.27. The van der Waals surface area contributed by atoms with Crippen LogP contribution in [-0.4, -0.2) is 0 Å². The molecule has 1 aromatic heterocycles. The summed E-state index contributed by atoms with van der Waals surface area (Å²) in [6, 6.07) is 57.5. The summed E-state index contributed by atoms with van der Waals surface area (Å²) >= 11 is 0. The number of hydrogen-bond donors (Lipinski definition) is 0. The minimum atomic E-state index is 0.718. The Hall–Kier alpha value is -5.60. The molecular formula is C47H37NO. The zero-order valence-electron chi connectivity index (χ0n) is 27.4. The molecule has 2 aliphatic carbocycles. The fraction of sp³-hybridized carbons (Fsp3) is 0.149. The van der Waals surface area contributed by atoms with Gasteiger partial charge in [-0.1, -0.05) is 116 Å². The highest BCUT2D eigenvalue weighted by molar-refractivity contribution is 6.07. The zero-order chi connectivity index (χ0) is 32.3. The van der Waals surface area contributed by atoms with Gasteiger partial charge in [-0.25, -0.2) is 0 Å². The molecule has 0 aliphatic heterocycles. The van der Waals surface area contributed by atoms with Crippen LogP contribution >= 0.6 is 0 Å². The van der Waals surface area contributed by atoms with Crippen LogP contribution in [0.2, 0.25) is 0 Å². The average molecular weight is 632 g/mol. The maximum absolute atomic E-state index is 6.22. The predicted molar refractivity (Wildman–Crippen MR) is 205 cm³/mol. The van der Waals surface area contributed by atoms with E-state index < -0.39 is 0 Å². The van der Waals surface area contributed by atoms with E-state index in [-0.39, 0.29) is 0 Å². The van der Waals surface area contributed by atoms with Crippen LogP contribution in [0.1, 0.15) is 37.2 Å². The van der Waals surface area contributed by atoms with Crippen LogP contribution in [0.25, 0.3) is 55.0 Å². The number of benzene rings is 7. The SMILES string of the molecule is c1ccc(-c2cccc3cccc(-c4ccc(N(c5ccc(C6CC7CCC6C7)cc5)c5ccc6oc7ccccc7c6c5)cc4)c23)cc1. The van der Waals surface area contributed by atoms with Gasteiger partial charge in [0.1, 0.15) is 11.2 Å². The molecule has 2 bridgehead atoms. The molecule has 2 aliphatic rings. The van der Waals surface area contributed by atoms with E-state index in [4.69, 9.17) is 4.42 Å². The highest BCUT2D eigenvalue weighted by Crippen LogP contribution is 2.53. The third kappa shape index (κ3) is 4.85. The van der Waals surface area contributed by atoms with Crippen molar-refractivity contribution in [3.05, 3.63) is 163 Å². The van der Waals surface area contributed by atoms with Gasteiger partial charge in [-0.05, 0) is 124 Å². The van der Waals surface area contributed by atoms with E-state index in [1.807, 2.05) is 6.07 Å². The maximum Gasteiger partial charge on any atom is 0.135 e. The van der Waals surface area contributed by atoms with Crippen LogP contribution in [0.4, 0.5) is 17.1 Å². The molecule has 1 heterocycles. The second-order valence-corrected chi connectivity index (χ2v) is 14.1. The number of anilines is 3. The van der Waals surface area contributed by atoms with Gasteiger partial charge in [0.05, 0.1) is 0 Å². The van der Waals surface area contributed by atoms with Crippen LogP contribution < -0.4 is 4.90 Å². The van der Waals surface area contributed by atoms with Crippen molar-refractivity contribution in [2.45, 2.75) is 31.6 Å². The summed E-state index contributed by atoms with van der Waals surface area (Å²) in [5, 5.41) is 4.82. The number of rotatable bonds is 6. The summed E-state index contributed by atoms with van der Waals surface area (Å²) < 4.78 is 6.22. The quantitative estimate of drug-likeness (QED) is 0.182. The Morgan fingerprint density at radius 3 is 1.86 bits per heavy atom. The van der Waals surface area contributed by atoms with Gasteiger partial charge in [0, 0.05) is 27.8 Å². The predicted octanol–water partition coefficient (Wildman–Crippen LogP) is 13.4. The van der Waals surface area contributed by atoms with Gasteiger partial charge in [-0.3, -0.25) is 0 Å². The van der Waals surface area contributed by atoms with Gasteiger partial charge in [0.2, 0.25) is 0 Å². The largest absolute Gasteiger partial charge is 0.456 e. The van der Waals surface area contributed by atoms with E-state index in [1.165, 1.54) is 70.0 Å². The van der Waals surface area contributed by atoms with Crippen molar-refractivity contribution < 1.29 is 4.42 Å². The lowest BCUT2D eigenvalue weighted by molar-refractivity contribution is 0.420. The van der Waals surface area contributed by atoms with Crippen molar-refractivity contribution in [1.29, 1.82) is 0 Å². The Bertz CT molecular complexity index is 2450. The Morgan fingerprint density at radius 2 is 1.14 bits per heavy atom. The van der Waals surface area contributed by atoms with Gasteiger partial charge < -0.3 is 9.32 Å². The molecule has 2 heteroatoms. The molecular weight excluding hydrogens is 595 g/mol. The molecule has 236 valence electrons. The second-order valence-electron chi connectivity index (χ2n) is 14.1. The third-order valence-electron chi connectivity index (χ3n) is 11.4. The Balaban J connectivity index is 1.08. The summed E-state index contributed by atoms with van der Waals surface area (Å²) in [6.45, 7) is 0. The minimum absolute atomic E-state index is 0.718. The number of furan rings is 1. The van der Waals surface area contributed by atoms with E-state index in [9.17, 15) is 0 Å². The Labute approximate surface area is 287 Å². The van der Waals surface area contributed by atoms with Crippen LogP contribution in [0.5, 0.6) is 0 Å². The molecule has 0 saturated heterocycles. The molecule has 2 fully saturated rings. The topological polar surface area (TPSA) is 16.4 Å². The van der Waals surface area contributed by atoms with Gasteiger partial charge in [-0.15, -0.1) is 0 Å². The molecule has 3 unspecified atom stereocenters. The standard InChI is InChI=1S/C47H37NO/c1-2-8-32(9-3-1)40-13-6-10-35-11-7-14-41(47(35)40)33-18-22-37(23-19-33)48(38-24-20-34(21-25-38)43-29-31-16-17-36(43)28-31)39-26-27-46-44(30-39)42-12-4-5-15-45(42)49-46/h1-15,18-27,30-31,36,43H,16-17,28-29H2. The highest BCUT2D eigenvalue weighted by atomic mass is 16.3. The monoisotopic (exact) mass is 631 g/mol. The second kappa shape index (κ2) is 11.5. The normalized spacial score (nSPS) is 18.5. The van der Waals surface area contributed by atoms with E-state index in [0.717, 1.165) is 51.1 Å². The summed E-state index contributed by atoms with van der Waals surface area (Å²) in [7, 11) is 0. The lowest BCUT2D eigenvalue weighted by Crippen LogP contribution is -2.11. The number of para-hydroxylation sites is 1. The molecule has 49 heavy (non-hydrogen) atoms. The first-order chi connectivity index (χ1) is 24.3. The van der Waals surface area contributed by atoms with Crippen molar-refractivity contribution in [3.63, 3.8) is 0 Å². The van der Waals surface area contributed by atoms with E-state index in [0.29, 0.717) is 0 Å². The smallest absolute Gasteiger partial charge is 0.135 e. The number of fused-ring (bicyclic) bond motifs is 6. The molecule has 0 spiro atoms. The van der Waals surface area contributed by atoms with Crippen LogP contribution in [0.15, 0.2) is 162 Å². The van der Waals surface area contributed by atoms with Crippen LogP contribution in [0.3, 0.4) is 0 Å². The zero-order valence-corrected chi connectivity index (χ0v) is 27.4. The molecule has 0 N–H and O–H groups in total. The lowest BCUT2D eigenvalue weighted by atomic mass is 9.83. The fourth-order valence-corrected chi connectivity index (χ4v) is 9.05. The molecule has 10 rings (SSSR count). The highest BCUT2D eigenvalue weighted by Gasteiger charge is 2.40. The average Bonchev–Trinajstić information content (AvgIpc) is 3.91. The van der Waals surface area contributed by atoms with Crippen molar-refractivity contribution in [3.8, 4) is 22.3 Å². The molecule has 0 radical (unpaired) electrons. The molecule has 2 nitrogen and oxygen atoms in total. The van der Waals surface area contributed by atoms with Gasteiger partial charge in [0.25, 0.3) is 0 Å². The van der Waals surface area contributed by atoms with Crippen molar-refractivity contribution in [1.82, 2.24) is 0 Å². The first kappa shape index (κ1) is 28.4. The van der Waals surface area contributed by atoms with E-state index in [1.54, 1.807) is 0 Å². The van der Waals surface area contributed by atoms with Crippen molar-refractivity contribution in [2.75, 3.05) is 4.90 Å². The summed E-state index contributed by atoms with van der Waals surface area (Å²) in [5.74, 6) is 2.52. The first-order valence-electron chi connectivity index (χ1n) is 17.8. The fourth-order valence-electron chi connectivity index (χ4n) is 9.05. The van der Waals surface area contributed by atoms with Crippen LogP contribution in [-0.2, 0) is 0 Å². The molecule has 0 amide bonds.